The fraction of sp³-hybridized carbons (Fsp3) is 0.0625. The lowest BCUT2D eigenvalue weighted by Crippen LogP contribution is -1.92. The molecule has 4 nitrogen and oxygen atoms in total. The van der Waals surface area contributed by atoms with Gasteiger partial charge in [0.1, 0.15) is 11.6 Å². The normalized spacial score (nSPS) is 12.6. The van der Waals surface area contributed by atoms with Crippen molar-refractivity contribution in [1.82, 2.24) is 10.2 Å². The molecule has 0 bridgehead atoms. The predicted octanol–water partition coefficient (Wildman–Crippen LogP) is 3.75. The molecule has 3 aromatic rings. The lowest BCUT2D eigenvalue weighted by molar-refractivity contribution is 0.174. The highest BCUT2D eigenvalue weighted by Crippen LogP contribution is 2.36. The van der Waals surface area contributed by atoms with Crippen molar-refractivity contribution in [2.24, 2.45) is 0 Å². The van der Waals surface area contributed by atoms with Crippen LogP contribution in [0.3, 0.4) is 0 Å². The van der Waals surface area contributed by atoms with Gasteiger partial charge in [-0.15, -0.1) is 0 Å². The number of benzene rings is 2. The Kier molecular flexibility index (Phi) is 2.82. The third-order valence-electron chi connectivity index (χ3n) is 3.47. The van der Waals surface area contributed by atoms with E-state index in [9.17, 15) is 8.78 Å². The Bertz CT molecular complexity index is 861. The minimum absolute atomic E-state index is 0.200. The van der Waals surface area contributed by atoms with Gasteiger partial charge in [-0.05, 0) is 36.4 Å². The predicted molar refractivity (Wildman–Crippen MR) is 75.5 cm³/mol. The number of nitrogens with one attached hydrogen (secondary N) is 1. The second-order valence-corrected chi connectivity index (χ2v) is 4.86. The van der Waals surface area contributed by atoms with Crippen LogP contribution in [0.5, 0.6) is 11.5 Å². The van der Waals surface area contributed by atoms with Crippen molar-refractivity contribution < 1.29 is 18.3 Å². The number of halogens is 2. The largest absolute Gasteiger partial charge is 0.454 e. The molecule has 0 radical (unpaired) electrons. The van der Waals surface area contributed by atoms with Gasteiger partial charge in [-0.2, -0.15) is 5.10 Å². The van der Waals surface area contributed by atoms with Crippen LogP contribution in [0.25, 0.3) is 22.5 Å². The quantitative estimate of drug-likeness (QED) is 0.784. The fourth-order valence-electron chi connectivity index (χ4n) is 2.37. The van der Waals surface area contributed by atoms with Gasteiger partial charge in [0.25, 0.3) is 0 Å². The molecule has 6 heteroatoms. The molecular formula is C16H10F2N2O2. The highest BCUT2D eigenvalue weighted by atomic mass is 19.1. The first-order chi connectivity index (χ1) is 10.7. The maximum Gasteiger partial charge on any atom is 0.231 e. The number of rotatable bonds is 2. The molecule has 0 aliphatic carbocycles. The van der Waals surface area contributed by atoms with Gasteiger partial charge in [-0.1, -0.05) is 0 Å². The number of hydrogen-bond acceptors (Lipinski definition) is 3. The third-order valence-corrected chi connectivity index (χ3v) is 3.47. The molecule has 0 fully saturated rings. The summed E-state index contributed by atoms with van der Waals surface area (Å²) in [7, 11) is 0. The monoisotopic (exact) mass is 300 g/mol. The van der Waals surface area contributed by atoms with Crippen molar-refractivity contribution in [3.63, 3.8) is 0 Å². The smallest absolute Gasteiger partial charge is 0.231 e. The third kappa shape index (κ3) is 2.09. The van der Waals surface area contributed by atoms with Crippen molar-refractivity contribution in [3.8, 4) is 34.0 Å². The summed E-state index contributed by atoms with van der Waals surface area (Å²) in [5.41, 5.74) is 2.19. The molecule has 110 valence electrons. The molecule has 4 rings (SSSR count). The van der Waals surface area contributed by atoms with Crippen molar-refractivity contribution in [1.29, 1.82) is 0 Å². The molecule has 2 heterocycles. The van der Waals surface area contributed by atoms with E-state index >= 15 is 0 Å². The molecule has 0 amide bonds. The fourth-order valence-corrected chi connectivity index (χ4v) is 2.37. The molecule has 0 saturated carbocycles. The Hall–Kier alpha value is -2.89. The topological polar surface area (TPSA) is 47.1 Å². The van der Waals surface area contributed by atoms with Crippen molar-refractivity contribution in [3.05, 3.63) is 54.1 Å². The molecule has 1 aliphatic rings. The van der Waals surface area contributed by atoms with Crippen LogP contribution in [-0.4, -0.2) is 17.0 Å². The summed E-state index contributed by atoms with van der Waals surface area (Å²) >= 11 is 0. The van der Waals surface area contributed by atoms with Crippen molar-refractivity contribution in [2.75, 3.05) is 6.79 Å². The Labute approximate surface area is 124 Å². The Morgan fingerprint density at radius 1 is 0.955 bits per heavy atom. The van der Waals surface area contributed by atoms with Crippen LogP contribution in [0.4, 0.5) is 8.78 Å². The van der Waals surface area contributed by atoms with Gasteiger partial charge in [-0.3, -0.25) is 5.10 Å². The molecule has 1 N–H and O–H groups in total. The summed E-state index contributed by atoms with van der Waals surface area (Å²) in [4.78, 5) is 0. The number of aromatic amines is 1. The zero-order valence-electron chi connectivity index (χ0n) is 11.3. The summed E-state index contributed by atoms with van der Waals surface area (Å²) in [5.74, 6) is 0.0803. The van der Waals surface area contributed by atoms with Gasteiger partial charge >= 0.3 is 0 Å². The van der Waals surface area contributed by atoms with Crippen LogP contribution in [0, 0.1) is 11.6 Å². The average Bonchev–Trinajstić information content (AvgIpc) is 3.15. The number of fused-ring (bicyclic) bond motifs is 1. The SMILES string of the molecule is Fc1ccc(-c2cc(-c3ccc4c(c3)OCO4)n[nH]2)c(F)c1. The lowest BCUT2D eigenvalue weighted by atomic mass is 10.1. The van der Waals surface area contributed by atoms with Gasteiger partial charge in [0.05, 0.1) is 11.4 Å². The van der Waals surface area contributed by atoms with Gasteiger partial charge < -0.3 is 9.47 Å². The zero-order valence-corrected chi connectivity index (χ0v) is 11.3. The summed E-state index contributed by atoms with van der Waals surface area (Å²) in [6.07, 6.45) is 0. The van der Waals surface area contributed by atoms with Crippen LogP contribution in [0.2, 0.25) is 0 Å². The van der Waals surface area contributed by atoms with E-state index in [1.165, 1.54) is 12.1 Å². The summed E-state index contributed by atoms with van der Waals surface area (Å²) in [6.45, 7) is 0.200. The van der Waals surface area contributed by atoms with E-state index in [2.05, 4.69) is 10.2 Å². The van der Waals surface area contributed by atoms with E-state index < -0.39 is 11.6 Å². The highest BCUT2D eigenvalue weighted by molar-refractivity contribution is 5.70. The molecule has 0 saturated heterocycles. The lowest BCUT2D eigenvalue weighted by Gasteiger charge is -2.00. The Morgan fingerprint density at radius 2 is 1.82 bits per heavy atom. The van der Waals surface area contributed by atoms with Crippen LogP contribution >= 0.6 is 0 Å². The second kappa shape index (κ2) is 4.84. The first-order valence-corrected chi connectivity index (χ1v) is 6.61. The standard InChI is InChI=1S/C16H10F2N2O2/c17-10-2-3-11(12(18)6-10)14-7-13(19-20-14)9-1-4-15-16(5-9)22-8-21-15/h1-7H,8H2,(H,19,20). The molecule has 1 aromatic heterocycles. The number of H-pyrrole nitrogens is 1. The zero-order chi connectivity index (χ0) is 15.1. The summed E-state index contributed by atoms with van der Waals surface area (Å²) < 4.78 is 37.4. The van der Waals surface area contributed by atoms with Gasteiger partial charge in [-0.25, -0.2) is 8.78 Å². The van der Waals surface area contributed by atoms with Gasteiger partial charge in [0.15, 0.2) is 11.5 Å². The highest BCUT2D eigenvalue weighted by Gasteiger charge is 2.16. The Balaban J connectivity index is 1.72. The van der Waals surface area contributed by atoms with Crippen molar-refractivity contribution >= 4 is 0 Å². The minimum atomic E-state index is -0.638. The number of aromatic nitrogens is 2. The van der Waals surface area contributed by atoms with Crippen LogP contribution < -0.4 is 9.47 Å². The second-order valence-electron chi connectivity index (χ2n) is 4.86. The van der Waals surface area contributed by atoms with E-state index in [-0.39, 0.29) is 12.4 Å². The minimum Gasteiger partial charge on any atom is -0.454 e. The summed E-state index contributed by atoms with van der Waals surface area (Å²) in [6, 6.07) is 10.6. The maximum atomic E-state index is 13.8. The molecular weight excluding hydrogens is 290 g/mol. The van der Waals surface area contributed by atoms with E-state index in [1.54, 1.807) is 12.1 Å². The van der Waals surface area contributed by atoms with Crippen LogP contribution in [0.15, 0.2) is 42.5 Å². The molecule has 0 unspecified atom stereocenters. The average molecular weight is 300 g/mol. The molecule has 22 heavy (non-hydrogen) atoms. The molecule has 0 atom stereocenters. The maximum absolute atomic E-state index is 13.8. The summed E-state index contributed by atoms with van der Waals surface area (Å²) in [5, 5.41) is 6.93. The van der Waals surface area contributed by atoms with E-state index in [1.807, 2.05) is 12.1 Å². The number of hydrogen-bond donors (Lipinski definition) is 1. The van der Waals surface area contributed by atoms with Crippen LogP contribution in [0.1, 0.15) is 0 Å². The van der Waals surface area contributed by atoms with E-state index in [0.717, 1.165) is 11.6 Å². The van der Waals surface area contributed by atoms with Crippen molar-refractivity contribution in [2.45, 2.75) is 0 Å². The first-order valence-electron chi connectivity index (χ1n) is 6.61. The first kappa shape index (κ1) is 12.8. The molecule has 2 aromatic carbocycles. The number of nitrogens with zero attached hydrogens (tertiary/aromatic N) is 1. The van der Waals surface area contributed by atoms with Crippen LogP contribution in [-0.2, 0) is 0 Å². The van der Waals surface area contributed by atoms with Gasteiger partial charge in [0.2, 0.25) is 6.79 Å². The number of ether oxygens (including phenoxy) is 2. The van der Waals surface area contributed by atoms with E-state index in [0.29, 0.717) is 22.9 Å². The Morgan fingerprint density at radius 3 is 2.68 bits per heavy atom. The molecule has 0 spiro atoms. The van der Waals surface area contributed by atoms with E-state index in [4.69, 9.17) is 9.47 Å². The van der Waals surface area contributed by atoms with Gasteiger partial charge in [0, 0.05) is 17.2 Å². The molecule has 1 aliphatic heterocycles.